The van der Waals surface area contributed by atoms with Gasteiger partial charge in [0, 0.05) is 17.4 Å². The first-order chi connectivity index (χ1) is 8.16. The number of carbonyl (C=O) groups is 1. The normalized spacial score (nSPS) is 20.2. The van der Waals surface area contributed by atoms with Gasteiger partial charge >= 0.3 is 0 Å². The van der Waals surface area contributed by atoms with E-state index in [1.165, 1.54) is 6.07 Å². The number of benzene rings is 1. The molecule has 1 aromatic carbocycles. The van der Waals surface area contributed by atoms with Gasteiger partial charge in [-0.05, 0) is 17.7 Å². The van der Waals surface area contributed by atoms with E-state index in [-0.39, 0.29) is 24.1 Å². The van der Waals surface area contributed by atoms with Gasteiger partial charge in [-0.25, -0.2) is 4.39 Å². The molecule has 0 aliphatic carbocycles. The summed E-state index contributed by atoms with van der Waals surface area (Å²) in [5.74, 6) is -0.393. The van der Waals surface area contributed by atoms with Gasteiger partial charge in [-0.3, -0.25) is 4.79 Å². The van der Waals surface area contributed by atoms with Gasteiger partial charge in [0.05, 0.1) is 19.3 Å². The van der Waals surface area contributed by atoms with Crippen LogP contribution in [-0.4, -0.2) is 31.6 Å². The number of morpholine rings is 1. The first-order valence-corrected chi connectivity index (χ1v) is 6.24. The zero-order valence-corrected chi connectivity index (χ0v) is 10.8. The summed E-state index contributed by atoms with van der Waals surface area (Å²) in [5, 5.41) is 3.06. The smallest absolute Gasteiger partial charge is 0.156 e. The van der Waals surface area contributed by atoms with E-state index in [0.717, 1.165) is 0 Å². The average molecular weight is 302 g/mol. The molecule has 5 heteroatoms. The number of Topliss-reactive ketones (excluding diaryl/α,β-unsaturated/α-hetero) is 1. The number of nitrogens with one attached hydrogen (secondary N) is 1. The molecule has 1 unspecified atom stereocenters. The van der Waals surface area contributed by atoms with Gasteiger partial charge in [0.1, 0.15) is 5.82 Å². The lowest BCUT2D eigenvalue weighted by Crippen LogP contribution is -2.47. The number of hydrogen-bond acceptors (Lipinski definition) is 3. The topological polar surface area (TPSA) is 38.3 Å². The fraction of sp³-hybridized carbons (Fsp3) is 0.417. The summed E-state index contributed by atoms with van der Waals surface area (Å²) >= 11 is 3.18. The highest BCUT2D eigenvalue weighted by Gasteiger charge is 2.22. The van der Waals surface area contributed by atoms with Gasteiger partial charge < -0.3 is 10.1 Å². The van der Waals surface area contributed by atoms with E-state index in [9.17, 15) is 9.18 Å². The Balaban J connectivity index is 2.02. The molecule has 1 aromatic rings. The number of rotatable bonds is 3. The number of halogens is 2. The summed E-state index contributed by atoms with van der Waals surface area (Å²) < 4.78 is 19.4. The monoisotopic (exact) mass is 301 g/mol. The van der Waals surface area contributed by atoms with Crippen molar-refractivity contribution in [1.82, 2.24) is 5.32 Å². The minimum atomic E-state index is -0.357. The van der Waals surface area contributed by atoms with Crippen molar-refractivity contribution in [2.45, 2.75) is 12.5 Å². The van der Waals surface area contributed by atoms with E-state index in [0.29, 0.717) is 29.8 Å². The highest BCUT2D eigenvalue weighted by Crippen LogP contribution is 2.16. The molecule has 1 aliphatic rings. The highest BCUT2D eigenvalue weighted by molar-refractivity contribution is 9.10. The maximum absolute atomic E-state index is 13.5. The quantitative estimate of drug-likeness (QED) is 0.923. The number of ketones is 1. The molecular weight excluding hydrogens is 289 g/mol. The van der Waals surface area contributed by atoms with Crippen LogP contribution in [0.5, 0.6) is 0 Å². The summed E-state index contributed by atoms with van der Waals surface area (Å²) in [5.41, 5.74) is 0.422. The molecule has 3 nitrogen and oxygen atoms in total. The largest absolute Gasteiger partial charge is 0.378 e. The fourth-order valence-corrected chi connectivity index (χ4v) is 2.08. The van der Waals surface area contributed by atoms with Crippen LogP contribution in [0.2, 0.25) is 0 Å². The minimum absolute atomic E-state index is 0.0362. The van der Waals surface area contributed by atoms with Crippen molar-refractivity contribution in [1.29, 1.82) is 0 Å². The van der Waals surface area contributed by atoms with Gasteiger partial charge in [-0.15, -0.1) is 0 Å². The maximum atomic E-state index is 13.5. The van der Waals surface area contributed by atoms with Gasteiger partial charge in [0.15, 0.2) is 5.78 Å². The lowest BCUT2D eigenvalue weighted by molar-refractivity contribution is -0.123. The van der Waals surface area contributed by atoms with Crippen LogP contribution in [0.15, 0.2) is 22.7 Å². The molecule has 0 saturated carbocycles. The number of hydrogen-bond donors (Lipinski definition) is 1. The van der Waals surface area contributed by atoms with Crippen molar-refractivity contribution in [2.24, 2.45) is 0 Å². The molecule has 0 spiro atoms. The van der Waals surface area contributed by atoms with E-state index < -0.39 is 0 Å². The van der Waals surface area contributed by atoms with Crippen molar-refractivity contribution in [3.05, 3.63) is 34.1 Å². The van der Waals surface area contributed by atoms with Crippen LogP contribution in [0, 0.1) is 5.82 Å². The third kappa shape index (κ3) is 3.34. The van der Waals surface area contributed by atoms with Crippen LogP contribution in [0.4, 0.5) is 4.39 Å². The minimum Gasteiger partial charge on any atom is -0.378 e. The molecule has 1 saturated heterocycles. The van der Waals surface area contributed by atoms with Crippen LogP contribution >= 0.6 is 15.9 Å². The number of ether oxygens (including phenoxy) is 1. The van der Waals surface area contributed by atoms with Crippen LogP contribution in [0.25, 0.3) is 0 Å². The standard InChI is InChI=1S/C12H13BrFNO2/c13-9-2-1-8(10(14)6-9)5-12(16)11-7-17-4-3-15-11/h1-2,6,11,15H,3-5,7H2. The third-order valence-electron chi connectivity index (χ3n) is 2.69. The van der Waals surface area contributed by atoms with E-state index in [2.05, 4.69) is 21.2 Å². The predicted octanol–water partition coefficient (Wildman–Crippen LogP) is 1.69. The molecule has 1 aliphatic heterocycles. The first kappa shape index (κ1) is 12.7. The molecule has 17 heavy (non-hydrogen) atoms. The molecule has 2 rings (SSSR count). The Hall–Kier alpha value is -0.780. The Labute approximate surface area is 107 Å². The van der Waals surface area contributed by atoms with Gasteiger partial charge in [0.2, 0.25) is 0 Å². The van der Waals surface area contributed by atoms with Crippen molar-refractivity contribution < 1.29 is 13.9 Å². The SMILES string of the molecule is O=C(Cc1ccc(Br)cc1F)C1COCCN1. The summed E-state index contributed by atoms with van der Waals surface area (Å²) in [7, 11) is 0. The van der Waals surface area contributed by atoms with Crippen molar-refractivity contribution in [3.63, 3.8) is 0 Å². The molecule has 0 aromatic heterocycles. The van der Waals surface area contributed by atoms with Crippen LogP contribution < -0.4 is 5.32 Å². The average Bonchev–Trinajstić information content (AvgIpc) is 2.34. The molecule has 1 atom stereocenters. The Kier molecular flexibility index (Phi) is 4.25. The van der Waals surface area contributed by atoms with Crippen LogP contribution in [-0.2, 0) is 16.0 Å². The molecule has 0 radical (unpaired) electrons. The van der Waals surface area contributed by atoms with Gasteiger partial charge in [-0.2, -0.15) is 0 Å². The van der Waals surface area contributed by atoms with E-state index >= 15 is 0 Å². The molecule has 0 bridgehead atoms. The zero-order chi connectivity index (χ0) is 12.3. The van der Waals surface area contributed by atoms with E-state index in [1.807, 2.05) is 0 Å². The lowest BCUT2D eigenvalue weighted by atomic mass is 10.0. The molecule has 1 heterocycles. The number of carbonyl (C=O) groups excluding carboxylic acids is 1. The molecular formula is C12H13BrFNO2. The summed E-state index contributed by atoms with van der Waals surface area (Å²) in [6, 6.07) is 4.41. The van der Waals surface area contributed by atoms with Gasteiger partial charge in [-0.1, -0.05) is 22.0 Å². The Morgan fingerprint density at radius 2 is 2.41 bits per heavy atom. The maximum Gasteiger partial charge on any atom is 0.156 e. The molecule has 0 amide bonds. The second-order valence-electron chi connectivity index (χ2n) is 3.96. The first-order valence-electron chi connectivity index (χ1n) is 5.44. The van der Waals surface area contributed by atoms with Crippen LogP contribution in [0.1, 0.15) is 5.56 Å². The molecule has 1 N–H and O–H groups in total. The second kappa shape index (κ2) is 5.71. The van der Waals surface area contributed by atoms with Gasteiger partial charge in [0.25, 0.3) is 0 Å². The zero-order valence-electron chi connectivity index (χ0n) is 9.21. The second-order valence-corrected chi connectivity index (χ2v) is 4.88. The molecule has 1 fully saturated rings. The van der Waals surface area contributed by atoms with E-state index in [4.69, 9.17) is 4.74 Å². The van der Waals surface area contributed by atoms with Crippen molar-refractivity contribution >= 4 is 21.7 Å². The fourth-order valence-electron chi connectivity index (χ4n) is 1.75. The Morgan fingerprint density at radius 1 is 1.59 bits per heavy atom. The Morgan fingerprint density at radius 3 is 3.06 bits per heavy atom. The van der Waals surface area contributed by atoms with E-state index in [1.54, 1.807) is 12.1 Å². The van der Waals surface area contributed by atoms with Crippen molar-refractivity contribution in [3.8, 4) is 0 Å². The summed E-state index contributed by atoms with van der Waals surface area (Å²) in [4.78, 5) is 11.9. The summed E-state index contributed by atoms with van der Waals surface area (Å²) in [6.07, 6.45) is 0.0974. The molecule has 92 valence electrons. The van der Waals surface area contributed by atoms with Crippen LogP contribution in [0.3, 0.4) is 0 Å². The predicted molar refractivity (Wildman–Crippen MR) is 65.4 cm³/mol. The van der Waals surface area contributed by atoms with Crippen molar-refractivity contribution in [2.75, 3.05) is 19.8 Å². The Bertz CT molecular complexity index is 419. The summed E-state index contributed by atoms with van der Waals surface area (Å²) in [6.45, 7) is 1.66. The third-order valence-corrected chi connectivity index (χ3v) is 3.18. The lowest BCUT2D eigenvalue weighted by Gasteiger charge is -2.22. The highest BCUT2D eigenvalue weighted by atomic mass is 79.9.